The van der Waals surface area contributed by atoms with Crippen LogP contribution in [-0.4, -0.2) is 35.6 Å². The third-order valence-corrected chi connectivity index (χ3v) is 3.53. The largest absolute Gasteiger partial charge is 0.493 e. The van der Waals surface area contributed by atoms with Crippen LogP contribution >= 0.6 is 0 Å². The van der Waals surface area contributed by atoms with Crippen LogP contribution in [-0.2, 0) is 20.6 Å². The van der Waals surface area contributed by atoms with Gasteiger partial charge < -0.3 is 14.4 Å². The zero-order valence-electron chi connectivity index (χ0n) is 13.9. The van der Waals surface area contributed by atoms with Gasteiger partial charge in [0, 0.05) is 27.7 Å². The predicted molar refractivity (Wildman–Crippen MR) is 86.4 cm³/mol. The maximum Gasteiger partial charge on any atom is 0.346 e. The maximum absolute atomic E-state index is 12.2. The average molecular weight is 320 g/mol. The summed E-state index contributed by atoms with van der Waals surface area (Å²) >= 11 is 0. The third kappa shape index (κ3) is 3.20. The molecule has 0 amide bonds. The Hall–Kier alpha value is -2.77. The minimum Gasteiger partial charge on any atom is -0.493 e. The Bertz CT molecular complexity index is 825. The van der Waals surface area contributed by atoms with Gasteiger partial charge in [-0.2, -0.15) is 0 Å². The topological polar surface area (TPSA) is 78.6 Å². The second kappa shape index (κ2) is 6.55. The molecular formula is C15H20N4O4. The molecule has 1 aromatic carbocycles. The predicted octanol–water partition coefficient (Wildman–Crippen LogP) is 0.133. The molecule has 0 bridgehead atoms. The van der Waals surface area contributed by atoms with Gasteiger partial charge in [-0.25, -0.2) is 9.48 Å². The summed E-state index contributed by atoms with van der Waals surface area (Å²) in [6.45, 7) is 0.431. The summed E-state index contributed by atoms with van der Waals surface area (Å²) < 4.78 is 12.6. The minimum absolute atomic E-state index is 0.199. The van der Waals surface area contributed by atoms with E-state index >= 15 is 0 Å². The van der Waals surface area contributed by atoms with Gasteiger partial charge in [-0.3, -0.25) is 9.36 Å². The number of hydrogen-bond acceptors (Lipinski definition) is 6. The van der Waals surface area contributed by atoms with Crippen molar-refractivity contribution in [1.29, 1.82) is 0 Å². The highest BCUT2D eigenvalue weighted by Gasteiger charge is 2.14. The van der Waals surface area contributed by atoms with Crippen molar-refractivity contribution in [3.63, 3.8) is 0 Å². The van der Waals surface area contributed by atoms with Gasteiger partial charge in [0.15, 0.2) is 11.5 Å². The van der Waals surface area contributed by atoms with E-state index < -0.39 is 11.2 Å². The molecular weight excluding hydrogens is 300 g/mol. The van der Waals surface area contributed by atoms with Crippen molar-refractivity contribution in [3.8, 4) is 11.5 Å². The SMILES string of the molecule is COc1ccc(CN(C)c2nn(C)c(=O)n(C)c2=O)cc1OC. The van der Waals surface area contributed by atoms with Gasteiger partial charge in [0.1, 0.15) is 0 Å². The van der Waals surface area contributed by atoms with E-state index in [0.717, 1.165) is 14.8 Å². The van der Waals surface area contributed by atoms with E-state index in [1.54, 1.807) is 32.2 Å². The van der Waals surface area contributed by atoms with Crippen molar-refractivity contribution in [2.75, 3.05) is 26.2 Å². The molecule has 0 fully saturated rings. The number of ether oxygens (including phenoxy) is 2. The Morgan fingerprint density at radius 2 is 1.78 bits per heavy atom. The summed E-state index contributed by atoms with van der Waals surface area (Å²) in [5.41, 5.74) is 0.0252. The lowest BCUT2D eigenvalue weighted by Crippen LogP contribution is -2.42. The van der Waals surface area contributed by atoms with Crippen LogP contribution in [0.15, 0.2) is 27.8 Å². The molecule has 0 aliphatic rings. The molecule has 8 nitrogen and oxygen atoms in total. The van der Waals surface area contributed by atoms with Gasteiger partial charge in [0.25, 0.3) is 5.56 Å². The summed E-state index contributed by atoms with van der Waals surface area (Å²) in [4.78, 5) is 25.6. The van der Waals surface area contributed by atoms with Gasteiger partial charge >= 0.3 is 5.69 Å². The van der Waals surface area contributed by atoms with Crippen molar-refractivity contribution in [2.24, 2.45) is 14.1 Å². The van der Waals surface area contributed by atoms with Gasteiger partial charge in [-0.05, 0) is 17.7 Å². The molecule has 0 unspecified atom stereocenters. The molecule has 124 valence electrons. The number of aromatic nitrogens is 3. The zero-order valence-corrected chi connectivity index (χ0v) is 13.9. The maximum atomic E-state index is 12.2. The summed E-state index contributed by atoms with van der Waals surface area (Å²) in [6, 6.07) is 5.51. The normalized spacial score (nSPS) is 10.5. The first kappa shape index (κ1) is 16.6. The summed E-state index contributed by atoms with van der Waals surface area (Å²) in [5.74, 6) is 1.44. The molecule has 0 radical (unpaired) electrons. The highest BCUT2D eigenvalue weighted by atomic mass is 16.5. The molecule has 0 spiro atoms. The van der Waals surface area contributed by atoms with Crippen LogP contribution in [0, 0.1) is 0 Å². The number of anilines is 1. The van der Waals surface area contributed by atoms with Crippen molar-refractivity contribution in [3.05, 3.63) is 44.6 Å². The number of rotatable bonds is 5. The van der Waals surface area contributed by atoms with Crippen LogP contribution < -0.4 is 25.6 Å². The van der Waals surface area contributed by atoms with E-state index in [9.17, 15) is 9.59 Å². The zero-order chi connectivity index (χ0) is 17.1. The second-order valence-electron chi connectivity index (χ2n) is 5.14. The monoisotopic (exact) mass is 320 g/mol. The van der Waals surface area contributed by atoms with Crippen LogP contribution in [0.5, 0.6) is 11.5 Å². The van der Waals surface area contributed by atoms with Gasteiger partial charge in [-0.1, -0.05) is 6.07 Å². The molecule has 2 rings (SSSR count). The fourth-order valence-corrected chi connectivity index (χ4v) is 2.25. The lowest BCUT2D eigenvalue weighted by Gasteiger charge is -2.19. The third-order valence-electron chi connectivity index (χ3n) is 3.53. The van der Waals surface area contributed by atoms with Crippen LogP contribution in [0.1, 0.15) is 5.56 Å². The van der Waals surface area contributed by atoms with Gasteiger partial charge in [0.05, 0.1) is 14.2 Å². The number of methoxy groups -OCH3 is 2. The molecule has 8 heteroatoms. The summed E-state index contributed by atoms with van der Waals surface area (Å²) in [6.07, 6.45) is 0. The molecule has 1 heterocycles. The summed E-state index contributed by atoms with van der Waals surface area (Å²) in [7, 11) is 7.82. The van der Waals surface area contributed by atoms with E-state index in [-0.39, 0.29) is 5.82 Å². The molecule has 1 aromatic heterocycles. The Kier molecular flexibility index (Phi) is 4.73. The quantitative estimate of drug-likeness (QED) is 0.779. The molecule has 2 aromatic rings. The highest BCUT2D eigenvalue weighted by molar-refractivity contribution is 5.44. The number of nitrogens with zero attached hydrogens (tertiary/aromatic N) is 4. The Morgan fingerprint density at radius 1 is 1.13 bits per heavy atom. The van der Waals surface area contributed by atoms with Crippen molar-refractivity contribution < 1.29 is 9.47 Å². The van der Waals surface area contributed by atoms with E-state index in [1.807, 2.05) is 12.1 Å². The van der Waals surface area contributed by atoms with Gasteiger partial charge in [-0.15, -0.1) is 5.10 Å². The second-order valence-corrected chi connectivity index (χ2v) is 5.14. The van der Waals surface area contributed by atoms with Crippen molar-refractivity contribution in [2.45, 2.75) is 6.54 Å². The van der Waals surface area contributed by atoms with Crippen molar-refractivity contribution >= 4 is 5.82 Å². The van der Waals surface area contributed by atoms with Crippen LogP contribution in [0.25, 0.3) is 0 Å². The molecule has 0 atom stereocenters. The molecule has 23 heavy (non-hydrogen) atoms. The van der Waals surface area contributed by atoms with E-state index in [1.165, 1.54) is 14.1 Å². The first-order valence-corrected chi connectivity index (χ1v) is 6.95. The standard InChI is InChI=1S/C15H20N4O4/c1-17(13-14(20)18(2)15(21)19(3)16-13)9-10-6-7-11(22-4)12(8-10)23-5/h6-8H,9H2,1-5H3. The Morgan fingerprint density at radius 3 is 2.39 bits per heavy atom. The number of hydrogen-bond donors (Lipinski definition) is 0. The molecule has 0 aliphatic carbocycles. The first-order chi connectivity index (χ1) is 10.9. The molecule has 0 aliphatic heterocycles. The van der Waals surface area contributed by atoms with E-state index in [4.69, 9.17) is 9.47 Å². The average Bonchev–Trinajstić information content (AvgIpc) is 2.55. The summed E-state index contributed by atoms with van der Waals surface area (Å²) in [5, 5.41) is 4.05. The molecule has 0 saturated heterocycles. The Balaban J connectivity index is 2.35. The lowest BCUT2D eigenvalue weighted by atomic mass is 10.2. The fraction of sp³-hybridized carbons (Fsp3) is 0.400. The van der Waals surface area contributed by atoms with Crippen LogP contribution in [0.2, 0.25) is 0 Å². The molecule has 0 N–H and O–H groups in total. The van der Waals surface area contributed by atoms with Gasteiger partial charge in [0.2, 0.25) is 5.82 Å². The molecule has 0 saturated carbocycles. The minimum atomic E-state index is -0.460. The van der Waals surface area contributed by atoms with E-state index in [0.29, 0.717) is 18.0 Å². The number of aryl methyl sites for hydroxylation is 1. The fourth-order valence-electron chi connectivity index (χ4n) is 2.25. The Labute approximate surface area is 133 Å². The van der Waals surface area contributed by atoms with Crippen LogP contribution in [0.4, 0.5) is 5.82 Å². The van der Waals surface area contributed by atoms with Crippen molar-refractivity contribution in [1.82, 2.24) is 14.3 Å². The lowest BCUT2D eigenvalue weighted by molar-refractivity contribution is 0.354. The van der Waals surface area contributed by atoms with E-state index in [2.05, 4.69) is 5.10 Å². The first-order valence-electron chi connectivity index (χ1n) is 6.95. The highest BCUT2D eigenvalue weighted by Crippen LogP contribution is 2.28. The number of benzene rings is 1. The van der Waals surface area contributed by atoms with Crippen LogP contribution in [0.3, 0.4) is 0 Å². The smallest absolute Gasteiger partial charge is 0.346 e.